The maximum absolute atomic E-state index is 5.27. The predicted octanol–water partition coefficient (Wildman–Crippen LogP) is 2.13. The molecule has 0 spiro atoms. The fraction of sp³-hybridized carbons (Fsp3) is 0.300. The number of methoxy groups -OCH3 is 1. The van der Waals surface area contributed by atoms with Gasteiger partial charge in [0.05, 0.1) is 18.8 Å². The molecule has 3 nitrogen and oxygen atoms in total. The lowest BCUT2D eigenvalue weighted by atomic mass is 10.1. The van der Waals surface area contributed by atoms with Gasteiger partial charge in [0, 0.05) is 10.9 Å². The zero-order chi connectivity index (χ0) is 9.26. The van der Waals surface area contributed by atoms with Crippen LogP contribution in [0.15, 0.2) is 18.3 Å². The van der Waals surface area contributed by atoms with E-state index in [1.165, 1.54) is 5.56 Å². The fourth-order valence-corrected chi connectivity index (χ4v) is 1.61. The minimum absolute atomic E-state index is 0.941. The molecule has 0 fully saturated rings. The van der Waals surface area contributed by atoms with Crippen molar-refractivity contribution in [1.82, 2.24) is 10.2 Å². The van der Waals surface area contributed by atoms with E-state index in [4.69, 9.17) is 4.74 Å². The molecule has 2 rings (SSSR count). The molecule has 1 heterocycles. The van der Waals surface area contributed by atoms with Gasteiger partial charge in [0.25, 0.3) is 0 Å². The van der Waals surface area contributed by atoms with Crippen LogP contribution in [0.25, 0.3) is 10.9 Å². The standard InChI is InChI=1S/C10H12N2O/c1-3-7-8-6-11-12-9(8)4-5-10(7)13-2/h4-6H,3H2,1-2H3,(H,11,12). The number of nitrogens with zero attached hydrogens (tertiary/aromatic N) is 1. The first kappa shape index (κ1) is 8.10. The molecule has 1 aromatic heterocycles. The van der Waals surface area contributed by atoms with Crippen LogP contribution in [0.4, 0.5) is 0 Å². The van der Waals surface area contributed by atoms with Crippen LogP contribution < -0.4 is 4.74 Å². The number of nitrogens with one attached hydrogen (secondary N) is 1. The molecule has 0 radical (unpaired) electrons. The van der Waals surface area contributed by atoms with E-state index in [0.29, 0.717) is 0 Å². The Bertz CT molecular complexity index is 420. The number of hydrogen-bond acceptors (Lipinski definition) is 2. The van der Waals surface area contributed by atoms with Gasteiger partial charge in [-0.1, -0.05) is 6.92 Å². The summed E-state index contributed by atoms with van der Waals surface area (Å²) in [6, 6.07) is 3.96. The molecule has 0 aliphatic carbocycles. The van der Waals surface area contributed by atoms with Crippen molar-refractivity contribution in [2.45, 2.75) is 13.3 Å². The average Bonchev–Trinajstić information content (AvgIpc) is 2.63. The molecule has 0 amide bonds. The summed E-state index contributed by atoms with van der Waals surface area (Å²) in [6.07, 6.45) is 2.80. The molecule has 2 aromatic rings. The fourth-order valence-electron chi connectivity index (χ4n) is 1.61. The van der Waals surface area contributed by atoms with Gasteiger partial charge in [-0.15, -0.1) is 0 Å². The molecule has 0 aliphatic heterocycles. The molecule has 0 unspecified atom stereocenters. The Morgan fingerprint density at radius 1 is 1.46 bits per heavy atom. The number of H-pyrrole nitrogens is 1. The summed E-state index contributed by atoms with van der Waals surface area (Å²) in [5.74, 6) is 0.941. The van der Waals surface area contributed by atoms with Crippen molar-refractivity contribution in [1.29, 1.82) is 0 Å². The van der Waals surface area contributed by atoms with Gasteiger partial charge in [-0.25, -0.2) is 0 Å². The molecule has 0 atom stereocenters. The first-order valence-electron chi connectivity index (χ1n) is 4.35. The molecule has 0 bridgehead atoms. The van der Waals surface area contributed by atoms with Gasteiger partial charge >= 0.3 is 0 Å². The zero-order valence-electron chi connectivity index (χ0n) is 7.79. The van der Waals surface area contributed by atoms with Crippen LogP contribution in [0.1, 0.15) is 12.5 Å². The number of benzene rings is 1. The molecular weight excluding hydrogens is 164 g/mol. The van der Waals surface area contributed by atoms with Gasteiger partial charge in [-0.2, -0.15) is 5.10 Å². The summed E-state index contributed by atoms with van der Waals surface area (Å²) in [5, 5.41) is 8.10. The maximum Gasteiger partial charge on any atom is 0.122 e. The number of rotatable bonds is 2. The lowest BCUT2D eigenvalue weighted by molar-refractivity contribution is 0.411. The van der Waals surface area contributed by atoms with Gasteiger partial charge < -0.3 is 4.74 Å². The highest BCUT2D eigenvalue weighted by molar-refractivity contribution is 5.84. The second-order valence-electron chi connectivity index (χ2n) is 2.93. The van der Waals surface area contributed by atoms with E-state index >= 15 is 0 Å². The summed E-state index contributed by atoms with van der Waals surface area (Å²) in [5.41, 5.74) is 2.28. The molecule has 68 valence electrons. The molecular formula is C10H12N2O. The largest absolute Gasteiger partial charge is 0.496 e. The first-order chi connectivity index (χ1) is 6.36. The first-order valence-corrected chi connectivity index (χ1v) is 4.35. The summed E-state index contributed by atoms with van der Waals surface area (Å²) in [7, 11) is 1.69. The van der Waals surface area contributed by atoms with Gasteiger partial charge in [0.1, 0.15) is 5.75 Å². The summed E-state index contributed by atoms with van der Waals surface area (Å²) >= 11 is 0. The summed E-state index contributed by atoms with van der Waals surface area (Å²) in [6.45, 7) is 2.12. The van der Waals surface area contributed by atoms with E-state index in [0.717, 1.165) is 23.1 Å². The van der Waals surface area contributed by atoms with Gasteiger partial charge in [-0.3, -0.25) is 5.10 Å². The lowest BCUT2D eigenvalue weighted by Crippen LogP contribution is -1.90. The quantitative estimate of drug-likeness (QED) is 0.761. The number of ether oxygens (including phenoxy) is 1. The molecule has 3 heteroatoms. The Labute approximate surface area is 76.7 Å². The zero-order valence-corrected chi connectivity index (χ0v) is 7.79. The van der Waals surface area contributed by atoms with Crippen molar-refractivity contribution in [2.75, 3.05) is 7.11 Å². The Kier molecular flexibility index (Phi) is 1.93. The van der Waals surface area contributed by atoms with Crippen molar-refractivity contribution < 1.29 is 4.74 Å². The number of aromatic amines is 1. The number of aryl methyl sites for hydroxylation is 1. The van der Waals surface area contributed by atoms with E-state index in [1.54, 1.807) is 7.11 Å². The van der Waals surface area contributed by atoms with E-state index in [1.807, 2.05) is 18.3 Å². The van der Waals surface area contributed by atoms with Crippen LogP contribution in [0, 0.1) is 0 Å². The number of aromatic nitrogens is 2. The number of hydrogen-bond donors (Lipinski definition) is 1. The molecule has 0 saturated carbocycles. The highest BCUT2D eigenvalue weighted by Crippen LogP contribution is 2.26. The van der Waals surface area contributed by atoms with Crippen LogP contribution in [0.2, 0.25) is 0 Å². The predicted molar refractivity (Wildman–Crippen MR) is 52.0 cm³/mol. The molecule has 1 aromatic carbocycles. The van der Waals surface area contributed by atoms with Crippen molar-refractivity contribution in [3.8, 4) is 5.75 Å². The Hall–Kier alpha value is -1.51. The molecule has 0 aliphatic rings. The molecule has 0 saturated heterocycles. The van der Waals surface area contributed by atoms with Crippen LogP contribution in [0.3, 0.4) is 0 Å². The lowest BCUT2D eigenvalue weighted by Gasteiger charge is -2.06. The Balaban J connectivity index is 2.74. The monoisotopic (exact) mass is 176 g/mol. The van der Waals surface area contributed by atoms with Gasteiger partial charge in [0.2, 0.25) is 0 Å². The molecule has 13 heavy (non-hydrogen) atoms. The average molecular weight is 176 g/mol. The van der Waals surface area contributed by atoms with Crippen LogP contribution >= 0.6 is 0 Å². The number of fused-ring (bicyclic) bond motifs is 1. The van der Waals surface area contributed by atoms with Crippen molar-refractivity contribution in [2.24, 2.45) is 0 Å². The third kappa shape index (κ3) is 1.16. The Morgan fingerprint density at radius 3 is 3.00 bits per heavy atom. The minimum Gasteiger partial charge on any atom is -0.496 e. The highest BCUT2D eigenvalue weighted by atomic mass is 16.5. The van der Waals surface area contributed by atoms with E-state index < -0.39 is 0 Å². The van der Waals surface area contributed by atoms with Crippen LogP contribution in [0.5, 0.6) is 5.75 Å². The van der Waals surface area contributed by atoms with Crippen molar-refractivity contribution in [3.63, 3.8) is 0 Å². The van der Waals surface area contributed by atoms with Crippen molar-refractivity contribution in [3.05, 3.63) is 23.9 Å². The normalized spacial score (nSPS) is 10.6. The third-order valence-corrected chi connectivity index (χ3v) is 2.27. The SMILES string of the molecule is CCc1c(OC)ccc2[nH]ncc12. The Morgan fingerprint density at radius 2 is 2.31 bits per heavy atom. The summed E-state index contributed by atoms with van der Waals surface area (Å²) < 4.78 is 5.27. The second kappa shape index (κ2) is 3.09. The second-order valence-corrected chi connectivity index (χ2v) is 2.93. The highest BCUT2D eigenvalue weighted by Gasteiger charge is 2.06. The van der Waals surface area contributed by atoms with Gasteiger partial charge in [0.15, 0.2) is 0 Å². The minimum atomic E-state index is 0.941. The van der Waals surface area contributed by atoms with Gasteiger partial charge in [-0.05, 0) is 18.6 Å². The smallest absolute Gasteiger partial charge is 0.122 e. The molecule has 1 N–H and O–H groups in total. The maximum atomic E-state index is 5.27. The summed E-state index contributed by atoms with van der Waals surface area (Å²) in [4.78, 5) is 0. The van der Waals surface area contributed by atoms with E-state index in [-0.39, 0.29) is 0 Å². The van der Waals surface area contributed by atoms with Crippen molar-refractivity contribution >= 4 is 10.9 Å². The van der Waals surface area contributed by atoms with Crippen LogP contribution in [-0.2, 0) is 6.42 Å². The van der Waals surface area contributed by atoms with E-state index in [2.05, 4.69) is 17.1 Å². The van der Waals surface area contributed by atoms with Crippen LogP contribution in [-0.4, -0.2) is 17.3 Å². The third-order valence-electron chi connectivity index (χ3n) is 2.27. The topological polar surface area (TPSA) is 37.9 Å². The van der Waals surface area contributed by atoms with E-state index in [9.17, 15) is 0 Å².